The van der Waals surface area contributed by atoms with Gasteiger partial charge >= 0.3 is 0 Å². The van der Waals surface area contributed by atoms with Gasteiger partial charge in [-0.05, 0) is 60.4 Å². The average Bonchev–Trinajstić information content (AvgIpc) is 3.19. The summed E-state index contributed by atoms with van der Waals surface area (Å²) < 4.78 is 5.44. The number of nitrogens with zero attached hydrogens (tertiary/aromatic N) is 1. The lowest BCUT2D eigenvalue weighted by Crippen LogP contribution is -2.57. The van der Waals surface area contributed by atoms with Crippen molar-refractivity contribution in [2.75, 3.05) is 11.9 Å². The Balaban J connectivity index is 1.38. The van der Waals surface area contributed by atoms with Gasteiger partial charge in [0.15, 0.2) is 0 Å². The molecule has 3 aromatic rings. The molecule has 3 amide bonds. The number of amides is 3. The summed E-state index contributed by atoms with van der Waals surface area (Å²) in [6, 6.07) is 20.7. The summed E-state index contributed by atoms with van der Waals surface area (Å²) in [6.45, 7) is 3.96. The van der Waals surface area contributed by atoms with Crippen molar-refractivity contribution in [3.8, 4) is 5.75 Å². The van der Waals surface area contributed by atoms with Gasteiger partial charge in [0, 0.05) is 5.69 Å². The van der Waals surface area contributed by atoms with Crippen LogP contribution in [0.25, 0.3) is 0 Å². The molecule has 1 aliphatic heterocycles. The molecule has 2 bridgehead atoms. The van der Waals surface area contributed by atoms with E-state index in [0.29, 0.717) is 18.0 Å². The highest BCUT2D eigenvalue weighted by Crippen LogP contribution is 2.69. The third-order valence-electron chi connectivity index (χ3n) is 7.82. The van der Waals surface area contributed by atoms with Crippen LogP contribution in [0.1, 0.15) is 36.1 Å². The fraction of sp³-hybridized carbons (Fsp3) is 0.276. The maximum Gasteiger partial charge on any atom is 0.247 e. The predicted molar refractivity (Wildman–Crippen MR) is 141 cm³/mol. The molecule has 0 spiro atoms. The highest BCUT2D eigenvalue weighted by Gasteiger charge is 2.73. The van der Waals surface area contributed by atoms with Crippen LogP contribution in [0.5, 0.6) is 5.75 Å². The quantitative estimate of drug-likeness (QED) is 0.369. The predicted octanol–water partition coefficient (Wildman–Crippen LogP) is 5.01. The minimum atomic E-state index is -1.28. The van der Waals surface area contributed by atoms with Crippen LogP contribution in [-0.2, 0) is 24.1 Å². The Labute approximate surface area is 224 Å². The number of hydrogen-bond donors (Lipinski definition) is 1. The minimum absolute atomic E-state index is 0.487. The van der Waals surface area contributed by atoms with Crippen molar-refractivity contribution in [2.45, 2.75) is 29.6 Å². The first-order valence-electron chi connectivity index (χ1n) is 12.2. The number of rotatable bonds is 5. The monoisotopic (exact) mass is 534 g/mol. The number of carbonyl (C=O) groups excluding carboxylic acids is 3. The second-order valence-corrected chi connectivity index (χ2v) is 10.8. The highest BCUT2D eigenvalue weighted by atomic mass is 35.5. The van der Waals surface area contributed by atoms with E-state index in [9.17, 15) is 14.4 Å². The number of carbonyl (C=O) groups is 3. The molecule has 0 unspecified atom stereocenters. The summed E-state index contributed by atoms with van der Waals surface area (Å²) in [4.78, 5) is 39.7. The molecule has 6 nitrogen and oxygen atoms in total. The lowest BCUT2D eigenvalue weighted by atomic mass is 9.54. The van der Waals surface area contributed by atoms with Crippen molar-refractivity contribution < 1.29 is 19.1 Å². The van der Waals surface area contributed by atoms with Crippen molar-refractivity contribution in [3.05, 3.63) is 95.1 Å². The molecule has 0 saturated carbocycles. The molecule has 1 heterocycles. The van der Waals surface area contributed by atoms with Crippen molar-refractivity contribution in [1.82, 2.24) is 4.90 Å². The minimum Gasteiger partial charge on any atom is -0.494 e. The molecule has 8 heteroatoms. The molecule has 3 aliphatic carbocycles. The number of anilines is 1. The van der Waals surface area contributed by atoms with Gasteiger partial charge in [0.1, 0.15) is 21.5 Å². The molecule has 188 valence electrons. The number of imide groups is 1. The molecule has 1 N–H and O–H groups in total. The maximum absolute atomic E-state index is 14.0. The van der Waals surface area contributed by atoms with Gasteiger partial charge in [-0.1, -0.05) is 48.5 Å². The number of ether oxygens (including phenoxy) is 1. The van der Waals surface area contributed by atoms with E-state index in [2.05, 4.69) is 5.32 Å². The third kappa shape index (κ3) is 3.09. The Morgan fingerprint density at radius 1 is 0.865 bits per heavy atom. The van der Waals surface area contributed by atoms with Crippen LogP contribution >= 0.6 is 23.2 Å². The molecule has 1 saturated heterocycles. The molecule has 0 radical (unpaired) electrons. The standard InChI is InChI=1S/C29H24Cl2N2O4/c1-3-37-18-14-12-17(13-15-18)32-25(34)16(2)33-26(35)23-24(27(33)36)29(31)20-9-5-4-8-19(20)28(23,30)21-10-6-7-11-22(21)29/h4-16,23-24H,3H2,1-2H3,(H,32,34)/t16-,23-,24-,28?,29?/m0/s1. The van der Waals surface area contributed by atoms with Gasteiger partial charge < -0.3 is 10.1 Å². The lowest BCUT2D eigenvalue weighted by molar-refractivity contribution is -0.146. The van der Waals surface area contributed by atoms with E-state index in [1.54, 1.807) is 31.2 Å². The maximum atomic E-state index is 14.0. The van der Waals surface area contributed by atoms with E-state index in [1.807, 2.05) is 55.5 Å². The Bertz CT molecular complexity index is 1330. The van der Waals surface area contributed by atoms with Crippen molar-refractivity contribution in [1.29, 1.82) is 0 Å². The van der Waals surface area contributed by atoms with E-state index < -0.39 is 45.3 Å². The second kappa shape index (κ2) is 8.33. The number of halogens is 2. The number of hydrogen-bond acceptors (Lipinski definition) is 4. The summed E-state index contributed by atoms with van der Waals surface area (Å²) in [6.07, 6.45) is 0. The summed E-state index contributed by atoms with van der Waals surface area (Å²) in [5.74, 6) is -2.67. The van der Waals surface area contributed by atoms with E-state index in [0.717, 1.165) is 27.2 Å². The van der Waals surface area contributed by atoms with Gasteiger partial charge in [0.2, 0.25) is 17.7 Å². The van der Waals surface area contributed by atoms with E-state index in [1.165, 1.54) is 0 Å². The second-order valence-electron chi connectivity index (χ2n) is 9.64. The van der Waals surface area contributed by atoms with Crippen LogP contribution in [0.3, 0.4) is 0 Å². The van der Waals surface area contributed by atoms with E-state index >= 15 is 0 Å². The number of likely N-dealkylation sites (tertiary alicyclic amines) is 1. The first-order chi connectivity index (χ1) is 17.7. The van der Waals surface area contributed by atoms with Gasteiger partial charge in [0.25, 0.3) is 0 Å². The van der Waals surface area contributed by atoms with Crippen LogP contribution in [0.4, 0.5) is 5.69 Å². The van der Waals surface area contributed by atoms with Crippen LogP contribution in [-0.4, -0.2) is 35.3 Å². The molecule has 7 rings (SSSR count). The summed E-state index contributed by atoms with van der Waals surface area (Å²) in [5, 5.41) is 2.80. The first kappa shape index (κ1) is 24.0. The molecule has 4 aliphatic rings. The first-order valence-corrected chi connectivity index (χ1v) is 13.0. The zero-order valence-corrected chi connectivity index (χ0v) is 21.7. The van der Waals surface area contributed by atoms with Crippen molar-refractivity contribution >= 4 is 46.6 Å². The highest BCUT2D eigenvalue weighted by molar-refractivity contribution is 6.36. The van der Waals surface area contributed by atoms with Gasteiger partial charge in [0.05, 0.1) is 18.4 Å². The van der Waals surface area contributed by atoms with Gasteiger partial charge in [-0.25, -0.2) is 0 Å². The summed E-state index contributed by atoms with van der Waals surface area (Å²) >= 11 is 14.9. The molecule has 0 aromatic heterocycles. The zero-order valence-electron chi connectivity index (χ0n) is 20.2. The molecular formula is C29H24Cl2N2O4. The fourth-order valence-electron chi connectivity index (χ4n) is 6.24. The average molecular weight is 535 g/mol. The van der Waals surface area contributed by atoms with Crippen molar-refractivity contribution in [3.63, 3.8) is 0 Å². The molecule has 3 atom stereocenters. The molecule has 37 heavy (non-hydrogen) atoms. The third-order valence-corrected chi connectivity index (χ3v) is 9.10. The smallest absolute Gasteiger partial charge is 0.247 e. The van der Waals surface area contributed by atoms with Crippen LogP contribution in [0.15, 0.2) is 72.8 Å². The number of alkyl halides is 2. The summed E-state index contributed by atoms with van der Waals surface area (Å²) in [7, 11) is 0. The molecular weight excluding hydrogens is 511 g/mol. The fourth-order valence-corrected chi connectivity index (χ4v) is 7.33. The Morgan fingerprint density at radius 3 is 1.70 bits per heavy atom. The van der Waals surface area contributed by atoms with Gasteiger partial charge in [-0.3, -0.25) is 19.3 Å². The largest absolute Gasteiger partial charge is 0.494 e. The number of benzene rings is 3. The van der Waals surface area contributed by atoms with Crippen molar-refractivity contribution in [2.24, 2.45) is 11.8 Å². The van der Waals surface area contributed by atoms with Gasteiger partial charge in [-0.15, -0.1) is 23.2 Å². The Morgan fingerprint density at radius 2 is 1.30 bits per heavy atom. The summed E-state index contributed by atoms with van der Waals surface area (Å²) in [5.41, 5.74) is 3.42. The Hall–Kier alpha value is -3.35. The topological polar surface area (TPSA) is 75.7 Å². The Kier molecular flexibility index (Phi) is 5.41. The van der Waals surface area contributed by atoms with Crippen LogP contribution in [0.2, 0.25) is 0 Å². The van der Waals surface area contributed by atoms with Crippen LogP contribution in [0, 0.1) is 11.8 Å². The molecule has 1 fully saturated rings. The van der Waals surface area contributed by atoms with E-state index in [4.69, 9.17) is 27.9 Å². The normalized spacial score (nSPS) is 27.8. The SMILES string of the molecule is CCOc1ccc(NC(=O)[C@H](C)N2C(=O)[C@@H]3[C@@H](C2=O)C2(Cl)c4ccccc4C3(Cl)c3ccccc32)cc1. The molecule has 3 aromatic carbocycles. The van der Waals surface area contributed by atoms with E-state index in [-0.39, 0.29) is 0 Å². The van der Waals surface area contributed by atoms with Gasteiger partial charge in [-0.2, -0.15) is 0 Å². The van der Waals surface area contributed by atoms with Crippen LogP contribution < -0.4 is 10.1 Å². The number of nitrogens with one attached hydrogen (secondary N) is 1. The zero-order chi connectivity index (χ0) is 26.1. The lowest BCUT2D eigenvalue weighted by Gasteiger charge is -2.54.